The minimum atomic E-state index is -4.91. The molecular weight excluding hydrogens is 394 g/mol. The Morgan fingerprint density at radius 1 is 1.00 bits per heavy atom. The lowest BCUT2D eigenvalue weighted by atomic mass is 10.2. The van der Waals surface area contributed by atoms with E-state index >= 15 is 0 Å². The van der Waals surface area contributed by atoms with E-state index in [1.54, 1.807) is 48.5 Å². The Labute approximate surface area is 133 Å². The normalized spacial score (nSPS) is 11.2. The van der Waals surface area contributed by atoms with Gasteiger partial charge in [0.25, 0.3) is 0 Å². The van der Waals surface area contributed by atoms with Crippen LogP contribution < -0.4 is 4.90 Å². The molecule has 0 radical (unpaired) electrons. The van der Waals surface area contributed by atoms with Gasteiger partial charge in [0.2, 0.25) is 0 Å². The summed E-state index contributed by atoms with van der Waals surface area (Å²) in [5.41, 5.74) is 0.888. The van der Waals surface area contributed by atoms with Gasteiger partial charge < -0.3 is 0 Å². The van der Waals surface area contributed by atoms with E-state index in [4.69, 9.17) is 0 Å². The quantitative estimate of drug-likeness (QED) is 0.694. The lowest BCUT2D eigenvalue weighted by molar-refractivity contribution is -0.170. The van der Waals surface area contributed by atoms with Gasteiger partial charge in [-0.05, 0) is 40.3 Å². The van der Waals surface area contributed by atoms with Crippen molar-refractivity contribution in [3.8, 4) is 0 Å². The topological polar surface area (TPSA) is 20.3 Å². The maximum Gasteiger partial charge on any atom is 0.471 e. The van der Waals surface area contributed by atoms with Crippen LogP contribution in [0.3, 0.4) is 0 Å². The van der Waals surface area contributed by atoms with Gasteiger partial charge in [-0.1, -0.05) is 42.5 Å². The smallest absolute Gasteiger partial charge is 0.299 e. The number of anilines is 1. The zero-order valence-corrected chi connectivity index (χ0v) is 12.9. The van der Waals surface area contributed by atoms with Crippen LogP contribution in [0.15, 0.2) is 54.6 Å². The van der Waals surface area contributed by atoms with Gasteiger partial charge in [-0.3, -0.25) is 9.69 Å². The first kappa shape index (κ1) is 15.8. The van der Waals surface area contributed by atoms with Crippen LogP contribution in [-0.4, -0.2) is 12.1 Å². The molecule has 0 spiro atoms. The number of rotatable bonds is 3. The molecule has 0 unspecified atom stereocenters. The van der Waals surface area contributed by atoms with Crippen LogP contribution in [-0.2, 0) is 11.3 Å². The van der Waals surface area contributed by atoms with Gasteiger partial charge in [0.15, 0.2) is 0 Å². The van der Waals surface area contributed by atoms with Gasteiger partial charge in [0.1, 0.15) is 0 Å². The third-order valence-corrected chi connectivity index (χ3v) is 3.73. The molecule has 0 saturated heterocycles. The molecule has 0 N–H and O–H groups in total. The molecule has 0 aliphatic carbocycles. The fourth-order valence-corrected chi connectivity index (χ4v) is 2.53. The summed E-state index contributed by atoms with van der Waals surface area (Å²) in [4.78, 5) is 12.5. The molecule has 0 atom stereocenters. The van der Waals surface area contributed by atoms with Crippen molar-refractivity contribution >= 4 is 34.2 Å². The van der Waals surface area contributed by atoms with E-state index in [0.717, 1.165) is 4.90 Å². The Balaban J connectivity index is 2.40. The predicted molar refractivity (Wildman–Crippen MR) is 82.8 cm³/mol. The molecule has 2 nitrogen and oxygen atoms in total. The molecule has 0 aliphatic heterocycles. The number of hydrogen-bond acceptors (Lipinski definition) is 1. The summed E-state index contributed by atoms with van der Waals surface area (Å²) in [6.45, 7) is -0.126. The molecule has 0 aliphatic rings. The summed E-state index contributed by atoms with van der Waals surface area (Å²) < 4.78 is 39.1. The van der Waals surface area contributed by atoms with Crippen LogP contribution in [0.4, 0.5) is 18.9 Å². The minimum absolute atomic E-state index is 0.126. The third-order valence-electron chi connectivity index (χ3n) is 2.81. The summed E-state index contributed by atoms with van der Waals surface area (Å²) in [6.07, 6.45) is -4.91. The van der Waals surface area contributed by atoms with Crippen LogP contribution >= 0.6 is 22.6 Å². The standard InChI is InChI=1S/C15H11F3INO/c16-15(17,18)14(21)20(10-11-6-2-1-3-7-11)13-9-5-4-8-12(13)19/h1-9H,10H2. The van der Waals surface area contributed by atoms with Crippen molar-refractivity contribution in [2.45, 2.75) is 12.7 Å². The summed E-state index contributed by atoms with van der Waals surface area (Å²) >= 11 is 1.92. The van der Waals surface area contributed by atoms with E-state index < -0.39 is 12.1 Å². The number of hydrogen-bond donors (Lipinski definition) is 0. The molecule has 2 aromatic rings. The number of carbonyl (C=O) groups excluding carboxylic acids is 1. The lowest BCUT2D eigenvalue weighted by Gasteiger charge is -2.25. The average Bonchev–Trinajstić information content (AvgIpc) is 2.45. The number of benzene rings is 2. The highest BCUT2D eigenvalue weighted by molar-refractivity contribution is 14.1. The second-order valence-corrected chi connectivity index (χ2v) is 5.49. The Bertz CT molecular complexity index is 628. The highest BCUT2D eigenvalue weighted by atomic mass is 127. The maximum atomic E-state index is 12.8. The van der Waals surface area contributed by atoms with Gasteiger partial charge in [-0.15, -0.1) is 0 Å². The zero-order chi connectivity index (χ0) is 15.5. The van der Waals surface area contributed by atoms with Gasteiger partial charge in [-0.2, -0.15) is 13.2 Å². The van der Waals surface area contributed by atoms with E-state index in [-0.39, 0.29) is 12.2 Å². The Kier molecular flexibility index (Phi) is 4.87. The van der Waals surface area contributed by atoms with Gasteiger partial charge in [-0.25, -0.2) is 0 Å². The average molecular weight is 405 g/mol. The first-order valence-electron chi connectivity index (χ1n) is 6.07. The number of carbonyl (C=O) groups is 1. The Hall–Kier alpha value is -1.57. The third kappa shape index (κ3) is 3.96. The Morgan fingerprint density at radius 3 is 2.14 bits per heavy atom. The van der Waals surface area contributed by atoms with E-state index in [9.17, 15) is 18.0 Å². The molecule has 2 aromatic carbocycles. The lowest BCUT2D eigenvalue weighted by Crippen LogP contribution is -2.41. The number of halogens is 4. The number of amides is 1. The molecular formula is C15H11F3INO. The van der Waals surface area contributed by atoms with E-state index in [1.165, 1.54) is 6.07 Å². The number of para-hydroxylation sites is 1. The van der Waals surface area contributed by atoms with Gasteiger partial charge >= 0.3 is 12.1 Å². The van der Waals surface area contributed by atoms with Crippen molar-refractivity contribution in [2.24, 2.45) is 0 Å². The van der Waals surface area contributed by atoms with Crippen molar-refractivity contribution in [3.05, 3.63) is 63.7 Å². The molecule has 1 amide bonds. The molecule has 0 bridgehead atoms. The molecule has 0 fully saturated rings. The fourth-order valence-electron chi connectivity index (χ4n) is 1.86. The van der Waals surface area contributed by atoms with Crippen LogP contribution in [0.5, 0.6) is 0 Å². The van der Waals surface area contributed by atoms with Gasteiger partial charge in [0.05, 0.1) is 12.2 Å². The summed E-state index contributed by atoms with van der Waals surface area (Å²) in [7, 11) is 0. The first-order valence-corrected chi connectivity index (χ1v) is 7.14. The van der Waals surface area contributed by atoms with E-state index in [0.29, 0.717) is 9.13 Å². The molecule has 0 aromatic heterocycles. The number of nitrogens with zero attached hydrogens (tertiary/aromatic N) is 1. The van der Waals surface area contributed by atoms with Crippen molar-refractivity contribution in [1.82, 2.24) is 0 Å². The van der Waals surface area contributed by atoms with Crippen LogP contribution in [0.1, 0.15) is 5.56 Å². The van der Waals surface area contributed by atoms with Gasteiger partial charge in [0, 0.05) is 3.57 Å². The summed E-state index contributed by atoms with van der Waals surface area (Å²) in [5, 5.41) is 0. The van der Waals surface area contributed by atoms with Crippen molar-refractivity contribution in [3.63, 3.8) is 0 Å². The van der Waals surface area contributed by atoms with E-state index in [2.05, 4.69) is 0 Å². The maximum absolute atomic E-state index is 12.8. The van der Waals surface area contributed by atoms with Crippen molar-refractivity contribution in [1.29, 1.82) is 0 Å². The Morgan fingerprint density at radius 2 is 1.57 bits per heavy atom. The molecule has 6 heteroatoms. The molecule has 0 saturated carbocycles. The second kappa shape index (κ2) is 6.46. The predicted octanol–water partition coefficient (Wildman–Crippen LogP) is 4.39. The molecule has 0 heterocycles. The molecule has 21 heavy (non-hydrogen) atoms. The zero-order valence-electron chi connectivity index (χ0n) is 10.8. The van der Waals surface area contributed by atoms with Crippen LogP contribution in [0.25, 0.3) is 0 Å². The second-order valence-electron chi connectivity index (χ2n) is 4.33. The summed E-state index contributed by atoms with van der Waals surface area (Å²) in [5.74, 6) is -1.87. The SMILES string of the molecule is O=C(N(Cc1ccccc1)c1ccccc1I)C(F)(F)F. The number of alkyl halides is 3. The minimum Gasteiger partial charge on any atom is -0.299 e. The monoisotopic (exact) mass is 405 g/mol. The summed E-state index contributed by atoms with van der Waals surface area (Å²) in [6, 6.07) is 15.1. The van der Waals surface area contributed by atoms with Crippen molar-refractivity contribution < 1.29 is 18.0 Å². The van der Waals surface area contributed by atoms with Crippen LogP contribution in [0.2, 0.25) is 0 Å². The molecule has 110 valence electrons. The first-order chi connectivity index (χ1) is 9.89. The fraction of sp³-hybridized carbons (Fsp3) is 0.133. The largest absolute Gasteiger partial charge is 0.471 e. The van der Waals surface area contributed by atoms with E-state index in [1.807, 2.05) is 22.6 Å². The highest BCUT2D eigenvalue weighted by Crippen LogP contribution is 2.28. The highest BCUT2D eigenvalue weighted by Gasteiger charge is 2.43. The molecule has 2 rings (SSSR count). The van der Waals surface area contributed by atoms with Crippen LogP contribution in [0, 0.1) is 3.57 Å². The van der Waals surface area contributed by atoms with Crippen molar-refractivity contribution in [2.75, 3.05) is 4.90 Å².